The van der Waals surface area contributed by atoms with Crippen LogP contribution < -0.4 is 4.74 Å². The lowest BCUT2D eigenvalue weighted by atomic mass is 9.73. The monoisotopic (exact) mass is 484 g/mol. The molecule has 3 aromatic rings. The van der Waals surface area contributed by atoms with Crippen molar-refractivity contribution in [2.75, 3.05) is 20.2 Å². The Morgan fingerprint density at radius 3 is 2.58 bits per heavy atom. The minimum atomic E-state index is -0.411. The van der Waals surface area contributed by atoms with Gasteiger partial charge in [-0.05, 0) is 78.6 Å². The van der Waals surface area contributed by atoms with Crippen molar-refractivity contribution >= 4 is 16.9 Å². The molecule has 0 amide bonds. The van der Waals surface area contributed by atoms with E-state index in [1.54, 1.807) is 7.11 Å². The Morgan fingerprint density at radius 1 is 1.17 bits per heavy atom. The summed E-state index contributed by atoms with van der Waals surface area (Å²) in [5.41, 5.74) is 3.63. The lowest BCUT2D eigenvalue weighted by molar-refractivity contribution is -0.0568. The molecule has 0 radical (unpaired) electrons. The SMILES string of the molecule is C=C[C@@H]1CN2CC[C@H]1C[C@H]2[C@@H](OC(=O)c1ccc(C(C)(C)C)cc1)c1ccnc2ccc(OC)cc12. The Kier molecular flexibility index (Phi) is 6.60. The van der Waals surface area contributed by atoms with Crippen LogP contribution in [0.2, 0.25) is 0 Å². The van der Waals surface area contributed by atoms with Gasteiger partial charge in [-0.1, -0.05) is 39.0 Å². The van der Waals surface area contributed by atoms with Crippen LogP contribution in [0.4, 0.5) is 0 Å². The summed E-state index contributed by atoms with van der Waals surface area (Å²) in [6.45, 7) is 12.5. The molecule has 188 valence electrons. The van der Waals surface area contributed by atoms with Crippen LogP contribution in [0.1, 0.15) is 61.2 Å². The van der Waals surface area contributed by atoms with E-state index in [-0.39, 0.29) is 17.4 Å². The first-order chi connectivity index (χ1) is 17.3. The highest BCUT2D eigenvalue weighted by molar-refractivity contribution is 5.90. The van der Waals surface area contributed by atoms with Gasteiger partial charge in [0.1, 0.15) is 11.9 Å². The first-order valence-corrected chi connectivity index (χ1v) is 12.9. The van der Waals surface area contributed by atoms with Crippen molar-refractivity contribution in [2.45, 2.75) is 51.2 Å². The standard InChI is InChI=1S/C31H36N2O3/c1-6-20-19-33-16-14-22(20)17-28(33)29(25-13-15-32-27-12-11-24(35-5)18-26(25)27)36-30(34)21-7-9-23(10-8-21)31(2,3)4/h6-13,15,18,20,22,28-29H,1,14,16-17,19H2,2-5H3/t20-,22+,28+,29+/m1/s1. The number of hydrogen-bond acceptors (Lipinski definition) is 5. The zero-order chi connectivity index (χ0) is 25.4. The lowest BCUT2D eigenvalue weighted by Gasteiger charge is -2.51. The summed E-state index contributed by atoms with van der Waals surface area (Å²) >= 11 is 0. The molecule has 0 saturated carbocycles. The molecule has 3 aliphatic heterocycles. The van der Waals surface area contributed by atoms with E-state index in [1.165, 1.54) is 5.56 Å². The molecule has 3 aliphatic rings. The van der Waals surface area contributed by atoms with E-state index < -0.39 is 6.10 Å². The smallest absolute Gasteiger partial charge is 0.338 e. The molecule has 5 heteroatoms. The zero-order valence-corrected chi connectivity index (χ0v) is 21.7. The van der Waals surface area contributed by atoms with E-state index >= 15 is 0 Å². The van der Waals surface area contributed by atoms with Crippen LogP contribution in [0, 0.1) is 11.8 Å². The van der Waals surface area contributed by atoms with Gasteiger partial charge in [0.05, 0.1) is 24.2 Å². The topological polar surface area (TPSA) is 51.7 Å². The molecule has 1 aromatic heterocycles. The van der Waals surface area contributed by atoms with Crippen molar-refractivity contribution in [1.82, 2.24) is 9.88 Å². The molecule has 6 rings (SSSR count). The van der Waals surface area contributed by atoms with Gasteiger partial charge in [-0.3, -0.25) is 9.88 Å². The molecule has 0 N–H and O–H groups in total. The summed E-state index contributed by atoms with van der Waals surface area (Å²) < 4.78 is 11.9. The largest absolute Gasteiger partial charge is 0.497 e. The zero-order valence-electron chi connectivity index (χ0n) is 21.7. The molecular formula is C31H36N2O3. The van der Waals surface area contributed by atoms with Gasteiger partial charge in [-0.2, -0.15) is 0 Å². The third kappa shape index (κ3) is 4.64. The Hall–Kier alpha value is -3.18. The minimum absolute atomic E-state index is 0.0241. The molecule has 1 unspecified atom stereocenters. The van der Waals surface area contributed by atoms with E-state index in [1.807, 2.05) is 54.7 Å². The van der Waals surface area contributed by atoms with Crippen LogP contribution in [0.5, 0.6) is 5.75 Å². The Balaban J connectivity index is 1.53. The average molecular weight is 485 g/mol. The summed E-state index contributed by atoms with van der Waals surface area (Å²) in [6, 6.07) is 15.8. The maximum absolute atomic E-state index is 13.5. The molecular weight excluding hydrogens is 448 g/mol. The van der Waals surface area contributed by atoms with Crippen molar-refractivity contribution < 1.29 is 14.3 Å². The van der Waals surface area contributed by atoms with Crippen LogP contribution in [-0.2, 0) is 10.2 Å². The van der Waals surface area contributed by atoms with Gasteiger partial charge in [0, 0.05) is 23.7 Å². The predicted octanol–water partition coefficient (Wildman–Crippen LogP) is 6.34. The molecule has 2 aromatic carbocycles. The van der Waals surface area contributed by atoms with E-state index in [4.69, 9.17) is 9.47 Å². The third-order valence-electron chi connectivity index (χ3n) is 8.01. The Morgan fingerprint density at radius 2 is 1.94 bits per heavy atom. The summed E-state index contributed by atoms with van der Waals surface area (Å²) in [7, 11) is 1.66. The van der Waals surface area contributed by atoms with E-state index in [2.05, 4.69) is 43.3 Å². The normalized spacial score (nSPS) is 24.3. The highest BCUT2D eigenvalue weighted by Crippen LogP contribution is 2.44. The van der Waals surface area contributed by atoms with Crippen LogP contribution in [0.25, 0.3) is 10.9 Å². The molecule has 2 bridgehead atoms. The van der Waals surface area contributed by atoms with Gasteiger partial charge < -0.3 is 9.47 Å². The second kappa shape index (κ2) is 9.70. The van der Waals surface area contributed by atoms with E-state index in [0.29, 0.717) is 17.4 Å². The van der Waals surface area contributed by atoms with Gasteiger partial charge in [0.2, 0.25) is 0 Å². The Labute approximate surface area is 214 Å². The van der Waals surface area contributed by atoms with Crippen LogP contribution in [-0.4, -0.2) is 42.1 Å². The molecule has 3 fully saturated rings. The summed E-state index contributed by atoms with van der Waals surface area (Å²) in [6.07, 6.45) is 5.63. The highest BCUT2D eigenvalue weighted by Gasteiger charge is 2.44. The molecule has 36 heavy (non-hydrogen) atoms. The van der Waals surface area contributed by atoms with Gasteiger partial charge >= 0.3 is 5.97 Å². The first-order valence-electron chi connectivity index (χ1n) is 12.9. The second-order valence-corrected chi connectivity index (χ2v) is 11.2. The minimum Gasteiger partial charge on any atom is -0.497 e. The average Bonchev–Trinajstić information content (AvgIpc) is 2.90. The van der Waals surface area contributed by atoms with Crippen molar-refractivity contribution in [3.63, 3.8) is 0 Å². The number of methoxy groups -OCH3 is 1. The summed E-state index contributed by atoms with van der Waals surface area (Å²) in [5.74, 6) is 1.52. The lowest BCUT2D eigenvalue weighted by Crippen LogP contribution is -2.55. The first kappa shape index (κ1) is 24.5. The van der Waals surface area contributed by atoms with Crippen molar-refractivity contribution in [1.29, 1.82) is 0 Å². The maximum Gasteiger partial charge on any atom is 0.338 e. The predicted molar refractivity (Wildman–Crippen MR) is 143 cm³/mol. The number of fused-ring (bicyclic) bond motifs is 4. The molecule has 0 spiro atoms. The quantitative estimate of drug-likeness (QED) is 0.302. The fourth-order valence-electron chi connectivity index (χ4n) is 5.85. The van der Waals surface area contributed by atoms with Crippen LogP contribution in [0.3, 0.4) is 0 Å². The number of ether oxygens (including phenoxy) is 2. The van der Waals surface area contributed by atoms with Gasteiger partial charge in [-0.25, -0.2) is 4.79 Å². The number of aromatic nitrogens is 1. The Bertz CT molecular complexity index is 1260. The fourth-order valence-corrected chi connectivity index (χ4v) is 5.85. The molecule has 4 heterocycles. The number of esters is 1. The van der Waals surface area contributed by atoms with E-state index in [9.17, 15) is 4.79 Å². The maximum atomic E-state index is 13.5. The molecule has 5 nitrogen and oxygen atoms in total. The number of hydrogen-bond donors (Lipinski definition) is 0. The van der Waals surface area contributed by atoms with E-state index in [0.717, 1.165) is 48.1 Å². The number of carbonyl (C=O) groups excluding carboxylic acids is 1. The van der Waals surface area contributed by atoms with Gasteiger partial charge in [0.15, 0.2) is 0 Å². The number of pyridine rings is 1. The summed E-state index contributed by atoms with van der Waals surface area (Å²) in [4.78, 5) is 20.6. The van der Waals surface area contributed by atoms with Gasteiger partial charge in [0.25, 0.3) is 0 Å². The van der Waals surface area contributed by atoms with Crippen molar-refractivity contribution in [2.24, 2.45) is 11.8 Å². The van der Waals surface area contributed by atoms with Crippen molar-refractivity contribution in [3.05, 3.63) is 84.1 Å². The number of rotatable bonds is 6. The second-order valence-electron chi connectivity index (χ2n) is 11.2. The number of nitrogens with zero attached hydrogens (tertiary/aromatic N) is 2. The summed E-state index contributed by atoms with van der Waals surface area (Å²) in [5, 5.41) is 0.959. The van der Waals surface area contributed by atoms with Crippen LogP contribution >= 0.6 is 0 Å². The number of benzene rings is 2. The number of carbonyl (C=O) groups is 1. The van der Waals surface area contributed by atoms with Crippen LogP contribution in [0.15, 0.2) is 67.4 Å². The molecule has 3 saturated heterocycles. The third-order valence-corrected chi connectivity index (χ3v) is 8.01. The number of piperidine rings is 3. The fraction of sp³-hybridized carbons (Fsp3) is 0.419. The van der Waals surface area contributed by atoms with Gasteiger partial charge in [-0.15, -0.1) is 6.58 Å². The van der Waals surface area contributed by atoms with Crippen molar-refractivity contribution in [3.8, 4) is 5.75 Å². The molecule has 0 aliphatic carbocycles. The molecule has 5 atom stereocenters. The highest BCUT2D eigenvalue weighted by atomic mass is 16.5.